The van der Waals surface area contributed by atoms with Gasteiger partial charge >= 0.3 is 0 Å². The second-order valence-electron chi connectivity index (χ2n) is 15.4. The van der Waals surface area contributed by atoms with E-state index in [-0.39, 0.29) is 0 Å². The van der Waals surface area contributed by atoms with Crippen LogP contribution in [0.15, 0.2) is 224 Å². The summed E-state index contributed by atoms with van der Waals surface area (Å²) in [6.07, 6.45) is 0. The van der Waals surface area contributed by atoms with Crippen molar-refractivity contribution in [3.8, 4) is 33.8 Å². The normalized spacial score (nSPS) is 12.7. The van der Waals surface area contributed by atoms with Gasteiger partial charge in [0.2, 0.25) is 0 Å². The Kier molecular flexibility index (Phi) is 7.82. The summed E-state index contributed by atoms with van der Waals surface area (Å²) in [5.41, 5.74) is 14.3. The van der Waals surface area contributed by atoms with Gasteiger partial charge in [-0.3, -0.25) is 0 Å². The van der Waals surface area contributed by atoms with Crippen molar-refractivity contribution < 1.29 is 4.74 Å². The average molecular weight is 768 g/mol. The van der Waals surface area contributed by atoms with Crippen molar-refractivity contribution in [2.24, 2.45) is 0 Å². The fourth-order valence-corrected chi connectivity index (χ4v) is 9.14. The van der Waals surface area contributed by atoms with Gasteiger partial charge in [0.1, 0.15) is 0 Å². The first-order chi connectivity index (χ1) is 29.8. The predicted octanol–water partition coefficient (Wildman–Crippen LogP) is 16.2. The van der Waals surface area contributed by atoms with Gasteiger partial charge in [0.15, 0.2) is 11.5 Å². The van der Waals surface area contributed by atoms with Crippen LogP contribution >= 0.6 is 0 Å². The van der Waals surface area contributed by atoms with E-state index in [1.165, 1.54) is 21.9 Å². The molecule has 0 amide bonds. The second kappa shape index (κ2) is 13.8. The molecule has 0 saturated carbocycles. The number of hydrogen-bond donors (Lipinski definition) is 0. The number of nitrogens with zero attached hydrogens (tertiary/aromatic N) is 3. The van der Waals surface area contributed by atoms with Crippen LogP contribution in [0.4, 0.5) is 51.2 Å². The lowest BCUT2D eigenvalue weighted by Crippen LogP contribution is -2.24. The number of para-hydroxylation sites is 3. The Morgan fingerprint density at radius 2 is 0.783 bits per heavy atom. The Labute approximate surface area is 349 Å². The van der Waals surface area contributed by atoms with E-state index < -0.39 is 0 Å². The molecule has 0 unspecified atom stereocenters. The van der Waals surface area contributed by atoms with Crippen LogP contribution in [0.1, 0.15) is 0 Å². The Morgan fingerprint density at radius 3 is 1.58 bits per heavy atom. The third-order valence-corrected chi connectivity index (χ3v) is 11.9. The minimum absolute atomic E-state index is 0.811. The molecule has 60 heavy (non-hydrogen) atoms. The highest BCUT2D eigenvalue weighted by atomic mass is 16.5. The van der Waals surface area contributed by atoms with Gasteiger partial charge in [0, 0.05) is 22.1 Å². The molecule has 12 rings (SSSR count). The summed E-state index contributed by atoms with van der Waals surface area (Å²) in [5, 5.41) is 4.60. The first kappa shape index (κ1) is 34.0. The van der Waals surface area contributed by atoms with E-state index in [4.69, 9.17) is 4.74 Å². The average Bonchev–Trinajstić information content (AvgIpc) is 3.32. The summed E-state index contributed by atoms with van der Waals surface area (Å²) in [6, 6.07) is 80.4. The smallest absolute Gasteiger partial charge is 0.159 e. The second-order valence-corrected chi connectivity index (χ2v) is 15.4. The quantitative estimate of drug-likeness (QED) is 0.174. The molecule has 10 aromatic rings. The van der Waals surface area contributed by atoms with Crippen molar-refractivity contribution in [1.29, 1.82) is 0 Å². The molecular weight excluding hydrogens is 731 g/mol. The molecule has 0 bridgehead atoms. The predicted molar refractivity (Wildman–Crippen MR) is 250 cm³/mol. The highest BCUT2D eigenvalue weighted by molar-refractivity contribution is 6.06. The largest absolute Gasteiger partial charge is 0.452 e. The number of anilines is 9. The van der Waals surface area contributed by atoms with E-state index in [1.54, 1.807) is 0 Å². The van der Waals surface area contributed by atoms with E-state index in [2.05, 4.69) is 239 Å². The topological polar surface area (TPSA) is 19.0 Å². The van der Waals surface area contributed by atoms with Crippen molar-refractivity contribution in [3.05, 3.63) is 224 Å². The van der Waals surface area contributed by atoms with Gasteiger partial charge in [-0.1, -0.05) is 152 Å². The Morgan fingerprint density at radius 1 is 0.267 bits per heavy atom. The maximum Gasteiger partial charge on any atom is 0.159 e. The third kappa shape index (κ3) is 5.46. The molecule has 2 aliphatic rings. The molecule has 282 valence electrons. The van der Waals surface area contributed by atoms with E-state index in [0.29, 0.717) is 0 Å². The SMILES string of the molecule is c1ccc(-c2cccc(N3c4ccccc4N(c4ccccc4)c4ccc(-c5ccc6c(c5)Oc5c(ccc7ccccc57)N6c5cccc6ccccc56)cc43)c2)cc1. The lowest BCUT2D eigenvalue weighted by molar-refractivity contribution is 0.483. The molecule has 0 saturated heterocycles. The van der Waals surface area contributed by atoms with Crippen molar-refractivity contribution in [2.45, 2.75) is 0 Å². The van der Waals surface area contributed by atoms with Gasteiger partial charge in [0.05, 0.1) is 39.8 Å². The number of benzene rings is 10. The Hall–Kier alpha value is -8.08. The molecule has 2 aliphatic heterocycles. The summed E-state index contributed by atoms with van der Waals surface area (Å²) < 4.78 is 7.04. The molecule has 0 atom stereocenters. The lowest BCUT2D eigenvalue weighted by atomic mass is 9.97. The molecule has 0 N–H and O–H groups in total. The monoisotopic (exact) mass is 767 g/mol. The number of fused-ring (bicyclic) bond motifs is 7. The van der Waals surface area contributed by atoms with Crippen LogP contribution in [0.25, 0.3) is 43.8 Å². The van der Waals surface area contributed by atoms with Crippen LogP contribution in [0.2, 0.25) is 0 Å². The van der Waals surface area contributed by atoms with Crippen molar-refractivity contribution in [3.63, 3.8) is 0 Å². The van der Waals surface area contributed by atoms with Crippen LogP contribution in [-0.2, 0) is 0 Å². The molecule has 4 heteroatoms. The highest BCUT2D eigenvalue weighted by Gasteiger charge is 2.32. The summed E-state index contributed by atoms with van der Waals surface area (Å²) in [5.74, 6) is 1.67. The van der Waals surface area contributed by atoms with E-state index in [9.17, 15) is 0 Å². The summed E-state index contributed by atoms with van der Waals surface area (Å²) in [7, 11) is 0. The third-order valence-electron chi connectivity index (χ3n) is 11.9. The Bertz CT molecular complexity index is 3260. The molecule has 10 aromatic carbocycles. The van der Waals surface area contributed by atoms with Crippen LogP contribution < -0.4 is 19.4 Å². The lowest BCUT2D eigenvalue weighted by Gasteiger charge is -2.40. The van der Waals surface area contributed by atoms with Crippen LogP contribution in [0.5, 0.6) is 11.5 Å². The first-order valence-electron chi connectivity index (χ1n) is 20.4. The summed E-state index contributed by atoms with van der Waals surface area (Å²) in [6.45, 7) is 0. The van der Waals surface area contributed by atoms with E-state index in [1.807, 2.05) is 0 Å². The minimum atomic E-state index is 0.811. The zero-order valence-electron chi connectivity index (χ0n) is 32.6. The maximum absolute atomic E-state index is 7.04. The van der Waals surface area contributed by atoms with Crippen LogP contribution in [0.3, 0.4) is 0 Å². The minimum Gasteiger partial charge on any atom is -0.452 e. The Balaban J connectivity index is 1.05. The number of hydrogen-bond acceptors (Lipinski definition) is 4. The molecule has 4 nitrogen and oxygen atoms in total. The van der Waals surface area contributed by atoms with Gasteiger partial charge in [-0.2, -0.15) is 0 Å². The summed E-state index contributed by atoms with van der Waals surface area (Å²) in [4.78, 5) is 7.17. The molecule has 2 heterocycles. The molecule has 0 fully saturated rings. The zero-order chi connectivity index (χ0) is 39.6. The van der Waals surface area contributed by atoms with Crippen molar-refractivity contribution in [1.82, 2.24) is 0 Å². The van der Waals surface area contributed by atoms with Gasteiger partial charge in [-0.25, -0.2) is 0 Å². The molecule has 0 aromatic heterocycles. The van der Waals surface area contributed by atoms with E-state index >= 15 is 0 Å². The van der Waals surface area contributed by atoms with E-state index in [0.717, 1.165) is 84.6 Å². The van der Waals surface area contributed by atoms with Crippen molar-refractivity contribution >= 4 is 72.7 Å². The number of ether oxygens (including phenoxy) is 1. The van der Waals surface area contributed by atoms with Gasteiger partial charge < -0.3 is 19.4 Å². The molecule has 0 radical (unpaired) electrons. The summed E-state index contributed by atoms with van der Waals surface area (Å²) >= 11 is 0. The highest BCUT2D eigenvalue weighted by Crippen LogP contribution is 2.57. The van der Waals surface area contributed by atoms with Crippen LogP contribution in [0, 0.1) is 0 Å². The first-order valence-corrected chi connectivity index (χ1v) is 20.4. The fourth-order valence-electron chi connectivity index (χ4n) is 9.14. The molecule has 0 aliphatic carbocycles. The van der Waals surface area contributed by atoms with Crippen LogP contribution in [-0.4, -0.2) is 0 Å². The standard InChI is InChI=1S/C56H37N3O/c1-3-15-38(16-4-1)41-20-13-23-45(35-41)58-50-27-12-11-26-49(50)57(44-21-5-2-6-22-44)51-32-30-42(36-54(51)58)43-31-33-52-55(37-43)60-56-47-25-10-8-18-40(47)29-34-53(56)59(52)48-28-14-19-39-17-7-9-24-46(39)48/h1-37H. The van der Waals surface area contributed by atoms with Crippen molar-refractivity contribution in [2.75, 3.05) is 14.7 Å². The number of rotatable bonds is 5. The van der Waals surface area contributed by atoms with Gasteiger partial charge in [-0.15, -0.1) is 0 Å². The maximum atomic E-state index is 7.04. The fraction of sp³-hybridized carbons (Fsp3) is 0. The molecule has 0 spiro atoms. The van der Waals surface area contributed by atoms with Gasteiger partial charge in [0.25, 0.3) is 0 Å². The van der Waals surface area contributed by atoms with Gasteiger partial charge in [-0.05, 0) is 106 Å². The molecular formula is C56H37N3O. The zero-order valence-corrected chi connectivity index (χ0v) is 32.6.